The Balaban J connectivity index is 1.75. The number of rotatable bonds is 4. The summed E-state index contributed by atoms with van der Waals surface area (Å²) in [5.41, 5.74) is 5.13. The number of para-hydroxylation sites is 2. The largest absolute Gasteiger partial charge is 0.301 e. The fourth-order valence-electron chi connectivity index (χ4n) is 5.00. The summed E-state index contributed by atoms with van der Waals surface area (Å²) in [6.45, 7) is 4.67. The van der Waals surface area contributed by atoms with Gasteiger partial charge in [0.15, 0.2) is 5.84 Å². The molecule has 0 fully saturated rings. The molecule has 2 aliphatic rings. The molecule has 3 nitrogen and oxygen atoms in total. The van der Waals surface area contributed by atoms with Crippen LogP contribution in [-0.2, 0) is 6.42 Å². The van der Waals surface area contributed by atoms with Crippen LogP contribution in [0.25, 0.3) is 0 Å². The zero-order valence-electron chi connectivity index (χ0n) is 17.1. The maximum absolute atomic E-state index is 5.25. The van der Waals surface area contributed by atoms with Crippen LogP contribution in [0.15, 0.2) is 90.0 Å². The molecule has 3 aromatic carbocycles. The third-order valence-corrected chi connectivity index (χ3v) is 6.71. The van der Waals surface area contributed by atoms with Gasteiger partial charge in [0.05, 0.1) is 5.69 Å². The van der Waals surface area contributed by atoms with E-state index in [0.29, 0.717) is 0 Å². The van der Waals surface area contributed by atoms with Gasteiger partial charge in [-0.2, -0.15) is 5.10 Å². The zero-order valence-corrected chi connectivity index (χ0v) is 17.1. The molecule has 0 aliphatic carbocycles. The van der Waals surface area contributed by atoms with Gasteiger partial charge in [-0.1, -0.05) is 80.6 Å². The first-order chi connectivity index (χ1) is 14.3. The second kappa shape index (κ2) is 7.07. The summed E-state index contributed by atoms with van der Waals surface area (Å²) in [5, 5.41) is 7.54. The van der Waals surface area contributed by atoms with Crippen LogP contribution in [0, 0.1) is 5.41 Å². The highest BCUT2D eigenvalue weighted by Gasteiger charge is 2.52. The van der Waals surface area contributed by atoms with Crippen molar-refractivity contribution in [2.24, 2.45) is 10.5 Å². The first-order valence-electron chi connectivity index (χ1n) is 10.6. The smallest absolute Gasteiger partial charge is 0.162 e. The fraction of sp³-hybridized carbons (Fsp3) is 0.269. The van der Waals surface area contributed by atoms with Crippen LogP contribution in [-0.4, -0.2) is 12.0 Å². The van der Waals surface area contributed by atoms with Gasteiger partial charge in [-0.15, -0.1) is 0 Å². The molecule has 0 radical (unpaired) electrons. The van der Waals surface area contributed by atoms with Gasteiger partial charge in [0, 0.05) is 16.7 Å². The summed E-state index contributed by atoms with van der Waals surface area (Å²) in [5.74, 6) is 1.03. The first kappa shape index (κ1) is 18.0. The van der Waals surface area contributed by atoms with Crippen molar-refractivity contribution in [1.82, 2.24) is 0 Å². The number of nitrogens with zero attached hydrogens (tertiary/aromatic N) is 3. The van der Waals surface area contributed by atoms with Gasteiger partial charge in [-0.05, 0) is 43.0 Å². The lowest BCUT2D eigenvalue weighted by atomic mass is 9.71. The molecule has 0 spiro atoms. The maximum Gasteiger partial charge on any atom is 0.162 e. The van der Waals surface area contributed by atoms with Gasteiger partial charge in [-0.3, -0.25) is 0 Å². The highest BCUT2D eigenvalue weighted by molar-refractivity contribution is 6.12. The van der Waals surface area contributed by atoms with Gasteiger partial charge >= 0.3 is 0 Å². The molecule has 2 heterocycles. The van der Waals surface area contributed by atoms with Gasteiger partial charge in [0.2, 0.25) is 0 Å². The molecule has 1 unspecified atom stereocenters. The van der Waals surface area contributed by atoms with E-state index in [1.165, 1.54) is 16.9 Å². The second-order valence-electron chi connectivity index (χ2n) is 8.09. The van der Waals surface area contributed by atoms with Gasteiger partial charge in [-0.25, -0.2) is 5.01 Å². The van der Waals surface area contributed by atoms with Crippen LogP contribution in [0.3, 0.4) is 0 Å². The van der Waals surface area contributed by atoms with Crippen molar-refractivity contribution in [3.8, 4) is 0 Å². The lowest BCUT2D eigenvalue weighted by Crippen LogP contribution is -2.57. The van der Waals surface area contributed by atoms with Crippen molar-refractivity contribution in [3.63, 3.8) is 0 Å². The average Bonchev–Trinajstić information content (AvgIpc) is 3.21. The number of fused-ring (bicyclic) bond motifs is 3. The summed E-state index contributed by atoms with van der Waals surface area (Å²) >= 11 is 0. The molecule has 0 N–H and O–H groups in total. The predicted octanol–water partition coefficient (Wildman–Crippen LogP) is 6.06. The summed E-state index contributed by atoms with van der Waals surface area (Å²) in [4.78, 5) is 2.47. The van der Waals surface area contributed by atoms with Gasteiger partial charge in [0.25, 0.3) is 0 Å². The average molecular weight is 382 g/mol. The van der Waals surface area contributed by atoms with E-state index < -0.39 is 0 Å². The SMILES string of the molecule is CCC1(CC)Cc2ccccc2N2N=C(c3ccccc3)N(c3ccccc3)C21. The first-order valence-corrected chi connectivity index (χ1v) is 10.6. The van der Waals surface area contributed by atoms with Crippen LogP contribution in [0.1, 0.15) is 37.8 Å². The van der Waals surface area contributed by atoms with E-state index in [-0.39, 0.29) is 11.6 Å². The topological polar surface area (TPSA) is 18.8 Å². The lowest BCUT2D eigenvalue weighted by molar-refractivity contribution is 0.192. The highest BCUT2D eigenvalue weighted by atomic mass is 15.6. The van der Waals surface area contributed by atoms with E-state index in [9.17, 15) is 0 Å². The number of amidine groups is 1. The third kappa shape index (κ3) is 2.76. The fourth-order valence-corrected chi connectivity index (χ4v) is 5.00. The summed E-state index contributed by atoms with van der Waals surface area (Å²) in [7, 11) is 0. The highest BCUT2D eigenvalue weighted by Crippen LogP contribution is 2.50. The molecular formula is C26H27N3. The van der Waals surface area contributed by atoms with E-state index in [1.54, 1.807) is 0 Å². The maximum atomic E-state index is 5.25. The minimum Gasteiger partial charge on any atom is -0.301 e. The second-order valence-corrected chi connectivity index (χ2v) is 8.09. The van der Waals surface area contributed by atoms with Crippen LogP contribution in [0.2, 0.25) is 0 Å². The minimum absolute atomic E-state index is 0.129. The molecule has 5 rings (SSSR count). The molecule has 0 saturated carbocycles. The quantitative estimate of drug-likeness (QED) is 0.547. The molecule has 2 aliphatic heterocycles. The molecule has 3 aromatic rings. The van der Waals surface area contributed by atoms with Crippen LogP contribution in [0.4, 0.5) is 11.4 Å². The van der Waals surface area contributed by atoms with Crippen molar-refractivity contribution < 1.29 is 0 Å². The van der Waals surface area contributed by atoms with Crippen molar-refractivity contribution in [1.29, 1.82) is 0 Å². The summed E-state index contributed by atoms with van der Waals surface area (Å²) in [6, 6.07) is 30.1. The van der Waals surface area contributed by atoms with Crippen molar-refractivity contribution in [2.45, 2.75) is 39.3 Å². The molecular weight excluding hydrogens is 354 g/mol. The Morgan fingerprint density at radius 2 is 1.45 bits per heavy atom. The number of anilines is 2. The molecule has 3 heteroatoms. The van der Waals surface area contributed by atoms with Crippen molar-refractivity contribution in [2.75, 3.05) is 9.91 Å². The Hall–Kier alpha value is -3.07. The Labute approximate surface area is 173 Å². The Morgan fingerprint density at radius 1 is 0.828 bits per heavy atom. The Kier molecular flexibility index (Phi) is 4.39. The minimum atomic E-state index is 0.129. The Bertz CT molecular complexity index is 1020. The lowest BCUT2D eigenvalue weighted by Gasteiger charge is -2.49. The van der Waals surface area contributed by atoms with Crippen molar-refractivity contribution >= 4 is 17.2 Å². The van der Waals surface area contributed by atoms with Crippen molar-refractivity contribution in [3.05, 3.63) is 96.1 Å². The number of hydrogen-bond acceptors (Lipinski definition) is 3. The van der Waals surface area contributed by atoms with E-state index in [4.69, 9.17) is 5.10 Å². The normalized spacial score (nSPS) is 19.5. The summed E-state index contributed by atoms with van der Waals surface area (Å²) in [6.07, 6.45) is 3.47. The van der Waals surface area contributed by atoms with E-state index >= 15 is 0 Å². The molecule has 0 bridgehead atoms. The molecule has 0 amide bonds. The van der Waals surface area contributed by atoms with E-state index in [0.717, 1.165) is 30.7 Å². The Morgan fingerprint density at radius 3 is 2.14 bits per heavy atom. The molecule has 1 atom stereocenters. The summed E-state index contributed by atoms with van der Waals surface area (Å²) < 4.78 is 0. The van der Waals surface area contributed by atoms with Crippen LogP contribution >= 0.6 is 0 Å². The monoisotopic (exact) mass is 381 g/mol. The van der Waals surface area contributed by atoms with E-state index in [1.807, 2.05) is 0 Å². The third-order valence-electron chi connectivity index (χ3n) is 6.71. The zero-order chi connectivity index (χ0) is 19.8. The van der Waals surface area contributed by atoms with E-state index in [2.05, 4.69) is 109 Å². The van der Waals surface area contributed by atoms with Crippen LogP contribution in [0.5, 0.6) is 0 Å². The molecule has 146 valence electrons. The molecule has 0 saturated heterocycles. The number of benzene rings is 3. The van der Waals surface area contributed by atoms with Crippen LogP contribution < -0.4 is 9.91 Å². The predicted molar refractivity (Wildman–Crippen MR) is 121 cm³/mol. The number of hydrazone groups is 1. The van der Waals surface area contributed by atoms with Gasteiger partial charge in [0.1, 0.15) is 6.17 Å². The number of hydrogen-bond donors (Lipinski definition) is 0. The molecule has 29 heavy (non-hydrogen) atoms. The molecule has 0 aromatic heterocycles. The standard InChI is InChI=1S/C26H27N3/c1-3-26(4-2)19-21-15-11-12-18-23(21)29-25(26)28(22-16-9-6-10-17-22)24(27-29)20-13-7-5-8-14-20/h5-18,25H,3-4,19H2,1-2H3. The van der Waals surface area contributed by atoms with Gasteiger partial charge < -0.3 is 4.90 Å².